The number of benzene rings is 1. The van der Waals surface area contributed by atoms with Gasteiger partial charge in [-0.15, -0.1) is 0 Å². The van der Waals surface area contributed by atoms with Gasteiger partial charge in [-0.25, -0.2) is 4.79 Å². The lowest BCUT2D eigenvalue weighted by Gasteiger charge is -2.43. The van der Waals surface area contributed by atoms with Gasteiger partial charge < -0.3 is 38.4 Å². The van der Waals surface area contributed by atoms with Crippen LogP contribution in [0.15, 0.2) is 24.3 Å². The van der Waals surface area contributed by atoms with Gasteiger partial charge in [-0.1, -0.05) is 31.4 Å². The van der Waals surface area contributed by atoms with Crippen LogP contribution in [0.5, 0.6) is 5.75 Å². The lowest BCUT2D eigenvalue weighted by atomic mass is 9.72. The lowest BCUT2D eigenvalue weighted by molar-refractivity contribution is -0.282. The van der Waals surface area contributed by atoms with Crippen LogP contribution in [-0.2, 0) is 42.9 Å². The summed E-state index contributed by atoms with van der Waals surface area (Å²) in [7, 11) is 5.05. The molecule has 6 atom stereocenters. The number of methoxy groups -OCH3 is 1. The molecule has 1 aromatic rings. The van der Waals surface area contributed by atoms with E-state index in [9.17, 15) is 24.3 Å². The number of esters is 4. The van der Waals surface area contributed by atoms with E-state index in [0.29, 0.717) is 12.3 Å². The molecule has 1 aliphatic carbocycles. The molecule has 0 aromatic heterocycles. The highest BCUT2D eigenvalue weighted by molar-refractivity contribution is 5.77. The third-order valence-electron chi connectivity index (χ3n) is 7.29. The molecule has 228 valence electrons. The highest BCUT2D eigenvalue weighted by Gasteiger charge is 2.55. The van der Waals surface area contributed by atoms with Crippen molar-refractivity contribution in [2.45, 2.75) is 95.1 Å². The fourth-order valence-electron chi connectivity index (χ4n) is 5.55. The number of nitrogens with zero attached hydrogens (tertiary/aromatic N) is 1. The minimum atomic E-state index is -1.55. The van der Waals surface area contributed by atoms with E-state index in [4.69, 9.17) is 28.4 Å². The van der Waals surface area contributed by atoms with Crippen LogP contribution in [0.3, 0.4) is 0 Å². The lowest BCUT2D eigenvalue weighted by Crippen LogP contribution is -2.64. The quantitative estimate of drug-likeness (QED) is 0.320. The second-order valence-electron chi connectivity index (χ2n) is 10.8. The third-order valence-corrected chi connectivity index (χ3v) is 7.29. The molecule has 0 amide bonds. The summed E-state index contributed by atoms with van der Waals surface area (Å²) < 4.78 is 32.8. The highest BCUT2D eigenvalue weighted by Crippen LogP contribution is 2.41. The number of carbonyl (C=O) groups excluding carboxylic acids is 4. The smallest absolute Gasteiger partial charge is 0.339 e. The molecular weight excluding hydrogens is 538 g/mol. The van der Waals surface area contributed by atoms with Gasteiger partial charge in [-0.05, 0) is 44.6 Å². The summed E-state index contributed by atoms with van der Waals surface area (Å²) in [5.74, 6) is -3.05. The average Bonchev–Trinajstić information content (AvgIpc) is 2.90. The normalized spacial score (nSPS) is 26.4. The van der Waals surface area contributed by atoms with Crippen LogP contribution in [0.2, 0.25) is 0 Å². The molecule has 1 heterocycles. The number of likely N-dealkylation sites (N-methyl/N-ethyl adjacent to an activating group) is 1. The van der Waals surface area contributed by atoms with Crippen LogP contribution in [0.4, 0.5) is 0 Å². The minimum Gasteiger partial charge on any atom is -0.467 e. The van der Waals surface area contributed by atoms with E-state index in [1.165, 1.54) is 0 Å². The minimum absolute atomic E-state index is 0.131. The van der Waals surface area contributed by atoms with Gasteiger partial charge in [-0.3, -0.25) is 14.4 Å². The number of hydrogen-bond acceptors (Lipinski definition) is 12. The van der Waals surface area contributed by atoms with Crippen molar-refractivity contribution in [3.63, 3.8) is 0 Å². The topological polar surface area (TPSA) is 147 Å². The Morgan fingerprint density at radius 1 is 0.902 bits per heavy atom. The van der Waals surface area contributed by atoms with Gasteiger partial charge in [0.05, 0.1) is 12.7 Å². The van der Waals surface area contributed by atoms with Crippen molar-refractivity contribution in [2.75, 3.05) is 27.7 Å². The van der Waals surface area contributed by atoms with E-state index < -0.39 is 60.2 Å². The monoisotopic (exact) mass is 579 g/mol. The maximum absolute atomic E-state index is 12.6. The van der Waals surface area contributed by atoms with Crippen molar-refractivity contribution in [2.24, 2.45) is 0 Å². The van der Waals surface area contributed by atoms with Crippen molar-refractivity contribution in [3.8, 4) is 5.75 Å². The van der Waals surface area contributed by atoms with E-state index >= 15 is 0 Å². The van der Waals surface area contributed by atoms with Crippen LogP contribution in [0.1, 0.15) is 64.4 Å². The average molecular weight is 580 g/mol. The Hall–Kier alpha value is -3.22. The predicted octanol–water partition coefficient (Wildman–Crippen LogP) is 2.10. The Morgan fingerprint density at radius 3 is 1.95 bits per heavy atom. The molecule has 41 heavy (non-hydrogen) atoms. The zero-order chi connectivity index (χ0) is 30.3. The van der Waals surface area contributed by atoms with Crippen LogP contribution in [0, 0.1) is 0 Å². The van der Waals surface area contributed by atoms with Gasteiger partial charge in [0.2, 0.25) is 12.4 Å². The second-order valence-corrected chi connectivity index (χ2v) is 10.8. The molecule has 12 nitrogen and oxygen atoms in total. The SMILES string of the molecule is COC(=O)[C@H]1O[C@@H](Oc2ccc([C@H](CN(C)C)C3(O)CCCCC3)cc2)[C@H](OC(C)=O)[C@@H](OC(C)=O)[C@@H]1OC(C)=O. The summed E-state index contributed by atoms with van der Waals surface area (Å²) in [5, 5.41) is 11.5. The first-order chi connectivity index (χ1) is 19.3. The fraction of sp³-hybridized carbons (Fsp3) is 0.655. The van der Waals surface area contributed by atoms with E-state index in [1.807, 2.05) is 31.1 Å². The Morgan fingerprint density at radius 2 is 1.44 bits per heavy atom. The molecule has 1 saturated heterocycles. The van der Waals surface area contributed by atoms with Crippen molar-refractivity contribution in [3.05, 3.63) is 29.8 Å². The van der Waals surface area contributed by atoms with E-state index in [1.54, 1.807) is 12.1 Å². The first kappa shape index (κ1) is 32.3. The number of ether oxygens (including phenoxy) is 6. The summed E-state index contributed by atoms with van der Waals surface area (Å²) in [6.45, 7) is 4.03. The molecule has 0 unspecified atom stereocenters. The summed E-state index contributed by atoms with van der Waals surface area (Å²) in [5.41, 5.74) is 0.103. The largest absolute Gasteiger partial charge is 0.467 e. The number of rotatable bonds is 10. The molecule has 2 aliphatic rings. The van der Waals surface area contributed by atoms with E-state index in [2.05, 4.69) is 0 Å². The van der Waals surface area contributed by atoms with Gasteiger partial charge in [0.1, 0.15) is 5.75 Å². The van der Waals surface area contributed by atoms with Crippen molar-refractivity contribution >= 4 is 23.9 Å². The first-order valence-electron chi connectivity index (χ1n) is 13.7. The number of hydrogen-bond donors (Lipinski definition) is 1. The Bertz CT molecular complexity index is 1070. The Kier molecular flexibility index (Phi) is 11.1. The zero-order valence-electron chi connectivity index (χ0n) is 24.5. The second kappa shape index (κ2) is 14.1. The molecule has 0 radical (unpaired) electrons. The van der Waals surface area contributed by atoms with Crippen LogP contribution in [-0.4, -0.2) is 97.9 Å². The molecule has 12 heteroatoms. The third kappa shape index (κ3) is 8.40. The van der Waals surface area contributed by atoms with Gasteiger partial charge in [0.25, 0.3) is 0 Å². The molecule has 1 N–H and O–H groups in total. The summed E-state index contributed by atoms with van der Waals surface area (Å²) >= 11 is 0. The van der Waals surface area contributed by atoms with E-state index in [-0.39, 0.29) is 5.92 Å². The van der Waals surface area contributed by atoms with Crippen LogP contribution >= 0.6 is 0 Å². The Labute approximate surface area is 240 Å². The molecule has 0 bridgehead atoms. The maximum Gasteiger partial charge on any atom is 0.339 e. The van der Waals surface area contributed by atoms with Crippen LogP contribution in [0.25, 0.3) is 0 Å². The molecular formula is C29H41NO11. The van der Waals surface area contributed by atoms with Crippen LogP contribution < -0.4 is 4.74 Å². The summed E-state index contributed by atoms with van der Waals surface area (Å²) in [6, 6.07) is 7.07. The van der Waals surface area contributed by atoms with Gasteiger partial charge >= 0.3 is 23.9 Å². The molecule has 2 fully saturated rings. The first-order valence-corrected chi connectivity index (χ1v) is 13.7. The van der Waals surface area contributed by atoms with E-state index in [0.717, 1.165) is 65.5 Å². The van der Waals surface area contributed by atoms with Crippen molar-refractivity contribution < 1.29 is 52.7 Å². The van der Waals surface area contributed by atoms with Gasteiger partial charge in [-0.2, -0.15) is 0 Å². The molecule has 1 aliphatic heterocycles. The highest BCUT2D eigenvalue weighted by atomic mass is 16.7. The predicted molar refractivity (Wildman–Crippen MR) is 144 cm³/mol. The maximum atomic E-state index is 12.6. The van der Waals surface area contributed by atoms with Gasteiger partial charge in [0, 0.05) is 33.2 Å². The Balaban J connectivity index is 1.94. The van der Waals surface area contributed by atoms with Crippen molar-refractivity contribution in [1.82, 2.24) is 4.90 Å². The zero-order valence-corrected chi connectivity index (χ0v) is 24.5. The number of carbonyl (C=O) groups is 4. The van der Waals surface area contributed by atoms with Crippen molar-refractivity contribution in [1.29, 1.82) is 0 Å². The summed E-state index contributed by atoms with van der Waals surface area (Å²) in [6.07, 6.45) is -2.81. The standard InChI is InChI=1S/C29H41NO11/c1-17(31)37-23-24(38-18(2)32)26(39-19(3)33)28(41-25(23)27(34)36-6)40-21-12-10-20(11-13-21)22(16-30(4)5)29(35)14-8-7-9-15-29/h10-13,22-26,28,35H,7-9,14-16H2,1-6H3/t22-,23-,24-,25-,26+,28+/m0/s1. The van der Waals surface area contributed by atoms with Gasteiger partial charge in [0.15, 0.2) is 18.3 Å². The fourth-order valence-corrected chi connectivity index (χ4v) is 5.55. The molecule has 1 saturated carbocycles. The molecule has 3 rings (SSSR count). The molecule has 1 aromatic carbocycles. The number of aliphatic hydroxyl groups is 1. The summed E-state index contributed by atoms with van der Waals surface area (Å²) in [4.78, 5) is 50.6. The molecule has 0 spiro atoms.